The van der Waals surface area contributed by atoms with Crippen LogP contribution in [0, 0.1) is 0 Å². The number of rotatable bonds is 3. The van der Waals surface area contributed by atoms with Crippen molar-refractivity contribution < 1.29 is 5.11 Å². The predicted octanol–water partition coefficient (Wildman–Crippen LogP) is 3.49. The van der Waals surface area contributed by atoms with Crippen molar-refractivity contribution in [2.45, 2.75) is 31.7 Å². The second-order valence-electron chi connectivity index (χ2n) is 5.83. The maximum Gasteiger partial charge on any atom is 0.208 e. The van der Waals surface area contributed by atoms with Crippen molar-refractivity contribution in [2.24, 2.45) is 10.3 Å². The number of hydrogen-bond acceptors (Lipinski definition) is 4. The molecule has 4 nitrogen and oxygen atoms in total. The van der Waals surface area contributed by atoms with Gasteiger partial charge in [-0.25, -0.2) is 5.01 Å². The third-order valence-corrected chi connectivity index (χ3v) is 3.98. The van der Waals surface area contributed by atoms with Crippen LogP contribution < -0.4 is 0 Å². The minimum absolute atomic E-state index is 0.513. The number of aliphatic hydroxyl groups is 1. The van der Waals surface area contributed by atoms with E-state index in [-0.39, 0.29) is 0 Å². The van der Waals surface area contributed by atoms with Crippen LogP contribution in [0.1, 0.15) is 25.0 Å². The van der Waals surface area contributed by atoms with E-state index in [4.69, 9.17) is 0 Å². The highest BCUT2D eigenvalue weighted by molar-refractivity contribution is 5.27. The predicted molar refractivity (Wildman–Crippen MR) is 81.3 cm³/mol. The molecule has 0 radical (unpaired) electrons. The molecule has 2 aromatic rings. The topological polar surface area (TPSA) is 48.2 Å². The Labute approximate surface area is 124 Å². The average molecular weight is 281 g/mol. The molecule has 1 unspecified atom stereocenters. The largest absolute Gasteiger partial charge is 0.364 e. The van der Waals surface area contributed by atoms with Crippen molar-refractivity contribution in [2.75, 3.05) is 0 Å². The lowest BCUT2D eigenvalue weighted by Crippen LogP contribution is -2.52. The Morgan fingerprint density at radius 3 is 2.14 bits per heavy atom. The average Bonchev–Trinajstić information content (AvgIpc) is 2.74. The summed E-state index contributed by atoms with van der Waals surface area (Å²) in [7, 11) is 0. The molecular formula is C17H19N3O. The Morgan fingerprint density at radius 2 is 1.52 bits per heavy atom. The normalized spacial score (nSPS) is 23.5. The van der Waals surface area contributed by atoms with Gasteiger partial charge in [-0.05, 0) is 19.4 Å². The van der Waals surface area contributed by atoms with Crippen LogP contribution in [-0.2, 0) is 12.3 Å². The highest BCUT2D eigenvalue weighted by atomic mass is 16.3. The highest BCUT2D eigenvalue weighted by Gasteiger charge is 2.54. The maximum absolute atomic E-state index is 11.3. The number of nitrogens with zero attached hydrogens (tertiary/aromatic N) is 3. The van der Waals surface area contributed by atoms with Crippen molar-refractivity contribution in [1.82, 2.24) is 5.01 Å². The third-order valence-electron chi connectivity index (χ3n) is 3.98. The van der Waals surface area contributed by atoms with Crippen LogP contribution in [0.3, 0.4) is 0 Å². The van der Waals surface area contributed by atoms with E-state index in [9.17, 15) is 5.11 Å². The Bertz CT molecular complexity index is 640. The lowest BCUT2D eigenvalue weighted by molar-refractivity contribution is -0.138. The summed E-state index contributed by atoms with van der Waals surface area (Å²) >= 11 is 0. The van der Waals surface area contributed by atoms with Crippen LogP contribution in [0.2, 0.25) is 0 Å². The molecule has 1 heterocycles. The van der Waals surface area contributed by atoms with E-state index in [1.807, 2.05) is 74.5 Å². The third kappa shape index (κ3) is 2.21. The SMILES string of the molecule is CC1(C)N=NN(Cc2ccccc2)C1(O)c1ccccc1. The molecule has 3 rings (SSSR count). The van der Waals surface area contributed by atoms with Crippen LogP contribution >= 0.6 is 0 Å². The van der Waals surface area contributed by atoms with Crippen molar-refractivity contribution in [3.8, 4) is 0 Å². The molecule has 0 saturated heterocycles. The van der Waals surface area contributed by atoms with Crippen LogP contribution in [0.5, 0.6) is 0 Å². The second kappa shape index (κ2) is 4.97. The van der Waals surface area contributed by atoms with Crippen LogP contribution in [0.15, 0.2) is 71.0 Å². The van der Waals surface area contributed by atoms with Crippen molar-refractivity contribution in [3.63, 3.8) is 0 Å². The summed E-state index contributed by atoms with van der Waals surface area (Å²) in [6.07, 6.45) is 0. The van der Waals surface area contributed by atoms with Gasteiger partial charge in [-0.2, -0.15) is 5.11 Å². The lowest BCUT2D eigenvalue weighted by Gasteiger charge is -2.39. The molecule has 4 heteroatoms. The first-order chi connectivity index (χ1) is 10.0. The van der Waals surface area contributed by atoms with Gasteiger partial charge >= 0.3 is 0 Å². The lowest BCUT2D eigenvalue weighted by atomic mass is 9.85. The molecule has 0 spiro atoms. The molecule has 0 bridgehead atoms. The first-order valence-electron chi connectivity index (χ1n) is 7.06. The minimum Gasteiger partial charge on any atom is -0.364 e. The summed E-state index contributed by atoms with van der Waals surface area (Å²) < 4.78 is 0. The van der Waals surface area contributed by atoms with E-state index in [0.717, 1.165) is 11.1 Å². The van der Waals surface area contributed by atoms with Gasteiger partial charge in [0.15, 0.2) is 0 Å². The number of benzene rings is 2. The van der Waals surface area contributed by atoms with E-state index >= 15 is 0 Å². The van der Waals surface area contributed by atoms with Crippen molar-refractivity contribution >= 4 is 0 Å². The Kier molecular flexibility index (Phi) is 3.26. The molecule has 2 aromatic carbocycles. The van der Waals surface area contributed by atoms with Gasteiger partial charge in [0.05, 0.1) is 6.54 Å². The molecule has 108 valence electrons. The maximum atomic E-state index is 11.3. The van der Waals surface area contributed by atoms with Gasteiger partial charge in [-0.15, -0.1) is 0 Å². The quantitative estimate of drug-likeness (QED) is 0.936. The smallest absolute Gasteiger partial charge is 0.208 e. The molecular weight excluding hydrogens is 262 g/mol. The summed E-state index contributed by atoms with van der Waals surface area (Å²) in [6, 6.07) is 19.6. The van der Waals surface area contributed by atoms with Gasteiger partial charge < -0.3 is 5.11 Å². The van der Waals surface area contributed by atoms with Gasteiger partial charge in [0, 0.05) is 5.56 Å². The molecule has 0 amide bonds. The van der Waals surface area contributed by atoms with Crippen molar-refractivity contribution in [1.29, 1.82) is 0 Å². The molecule has 1 atom stereocenters. The van der Waals surface area contributed by atoms with Gasteiger partial charge in [0.1, 0.15) is 5.54 Å². The zero-order valence-electron chi connectivity index (χ0n) is 12.3. The van der Waals surface area contributed by atoms with Gasteiger partial charge in [0.2, 0.25) is 5.72 Å². The highest BCUT2D eigenvalue weighted by Crippen LogP contribution is 2.44. The molecule has 0 fully saturated rings. The molecule has 1 aliphatic heterocycles. The van der Waals surface area contributed by atoms with E-state index in [1.165, 1.54) is 0 Å². The van der Waals surface area contributed by atoms with Gasteiger partial charge in [-0.1, -0.05) is 65.9 Å². The van der Waals surface area contributed by atoms with Gasteiger partial charge in [0.25, 0.3) is 0 Å². The molecule has 1 aliphatic rings. The summed E-state index contributed by atoms with van der Waals surface area (Å²) in [5.41, 5.74) is -0.0628. The second-order valence-corrected chi connectivity index (χ2v) is 5.83. The Hall–Kier alpha value is -2.20. The summed E-state index contributed by atoms with van der Waals surface area (Å²) in [6.45, 7) is 4.31. The summed E-state index contributed by atoms with van der Waals surface area (Å²) in [4.78, 5) is 0. The minimum atomic E-state index is -1.25. The van der Waals surface area contributed by atoms with E-state index in [1.54, 1.807) is 5.01 Å². The van der Waals surface area contributed by atoms with Gasteiger partial charge in [-0.3, -0.25) is 0 Å². The summed E-state index contributed by atoms with van der Waals surface area (Å²) in [5.74, 6) is 0. The zero-order chi connectivity index (χ0) is 14.9. The molecule has 21 heavy (non-hydrogen) atoms. The fourth-order valence-corrected chi connectivity index (χ4v) is 2.69. The van der Waals surface area contributed by atoms with Crippen LogP contribution in [0.4, 0.5) is 0 Å². The fraction of sp³-hybridized carbons (Fsp3) is 0.294. The van der Waals surface area contributed by atoms with Crippen molar-refractivity contribution in [3.05, 3.63) is 71.8 Å². The molecule has 0 aliphatic carbocycles. The van der Waals surface area contributed by atoms with E-state index < -0.39 is 11.3 Å². The first-order valence-corrected chi connectivity index (χ1v) is 7.06. The first kappa shape index (κ1) is 13.8. The standard InChI is InChI=1S/C17H19N3O/c1-16(2)17(21,15-11-7-4-8-12-15)20(19-18-16)13-14-9-5-3-6-10-14/h3-12,21H,13H2,1-2H3. The van der Waals surface area contributed by atoms with E-state index in [0.29, 0.717) is 6.54 Å². The zero-order valence-corrected chi connectivity index (χ0v) is 12.3. The van der Waals surface area contributed by atoms with E-state index in [2.05, 4.69) is 10.3 Å². The van der Waals surface area contributed by atoms with Crippen LogP contribution in [-0.4, -0.2) is 15.7 Å². The molecule has 0 saturated carbocycles. The Balaban J connectivity index is 1.99. The molecule has 0 aromatic heterocycles. The fourth-order valence-electron chi connectivity index (χ4n) is 2.69. The number of hydrogen-bond donors (Lipinski definition) is 1. The Morgan fingerprint density at radius 1 is 0.952 bits per heavy atom. The molecule has 1 N–H and O–H groups in total. The monoisotopic (exact) mass is 281 g/mol. The summed E-state index contributed by atoms with van der Waals surface area (Å²) in [5, 5.41) is 21.5. The van der Waals surface area contributed by atoms with Crippen LogP contribution in [0.25, 0.3) is 0 Å².